The smallest absolute Gasteiger partial charge is 0.0882 e. The molecule has 0 bridgehead atoms. The predicted octanol–water partition coefficient (Wildman–Crippen LogP) is 13.3. The molecule has 0 fully saturated rings. The molecule has 260 valence electrons. The molecule has 54 heavy (non-hydrogen) atoms. The van der Waals surface area contributed by atoms with E-state index in [4.69, 9.17) is 0 Å². The third-order valence-electron chi connectivity index (χ3n) is 11.2. The first-order valence-electron chi connectivity index (χ1n) is 18.8. The molecule has 0 saturated carbocycles. The van der Waals surface area contributed by atoms with Gasteiger partial charge in [-0.1, -0.05) is 147 Å². The zero-order valence-corrected chi connectivity index (χ0v) is 30.6. The topological polar surface area (TPSA) is 6.48 Å². The summed E-state index contributed by atoms with van der Waals surface area (Å²) in [5, 5.41) is 0. The van der Waals surface area contributed by atoms with Gasteiger partial charge in [-0.15, -0.1) is 0 Å². The molecular formula is C52H42N2. The Morgan fingerprint density at radius 1 is 0.630 bits per heavy atom. The van der Waals surface area contributed by atoms with Crippen LogP contribution < -0.4 is 9.80 Å². The van der Waals surface area contributed by atoms with Gasteiger partial charge in [-0.3, -0.25) is 0 Å². The fourth-order valence-corrected chi connectivity index (χ4v) is 9.00. The molecule has 6 aromatic carbocycles. The summed E-state index contributed by atoms with van der Waals surface area (Å²) in [5.41, 5.74) is 17.2. The summed E-state index contributed by atoms with van der Waals surface area (Å²) in [6.45, 7) is 11.0. The van der Waals surface area contributed by atoms with E-state index in [2.05, 4.69) is 206 Å². The summed E-state index contributed by atoms with van der Waals surface area (Å²) in [7, 11) is 0. The van der Waals surface area contributed by atoms with Crippen molar-refractivity contribution < 1.29 is 0 Å². The average Bonchev–Trinajstić information content (AvgIpc) is 3.69. The van der Waals surface area contributed by atoms with Crippen molar-refractivity contribution in [3.05, 3.63) is 246 Å². The molecular weight excluding hydrogens is 653 g/mol. The second-order valence-corrected chi connectivity index (χ2v) is 14.1. The zero-order valence-electron chi connectivity index (χ0n) is 30.6. The number of hydrogen-bond acceptors (Lipinski definition) is 2. The lowest BCUT2D eigenvalue weighted by Gasteiger charge is -2.40. The van der Waals surface area contributed by atoms with Crippen molar-refractivity contribution in [2.75, 3.05) is 9.80 Å². The summed E-state index contributed by atoms with van der Waals surface area (Å²) in [5.74, 6) is 0. The first-order valence-corrected chi connectivity index (χ1v) is 18.8. The van der Waals surface area contributed by atoms with E-state index in [9.17, 15) is 0 Å². The monoisotopic (exact) mass is 694 g/mol. The third-order valence-corrected chi connectivity index (χ3v) is 11.2. The minimum atomic E-state index is -0.651. The van der Waals surface area contributed by atoms with Gasteiger partial charge >= 0.3 is 0 Å². The Bertz CT molecular complexity index is 2500. The van der Waals surface area contributed by atoms with Crippen LogP contribution in [-0.2, 0) is 5.41 Å². The van der Waals surface area contributed by atoms with Gasteiger partial charge in [0, 0.05) is 34.0 Å². The Hall–Kier alpha value is -6.64. The molecule has 0 heterocycles. The molecule has 3 aliphatic rings. The highest BCUT2D eigenvalue weighted by Crippen LogP contribution is 2.64. The molecule has 0 amide bonds. The van der Waals surface area contributed by atoms with Crippen LogP contribution in [0.4, 0.5) is 17.1 Å². The van der Waals surface area contributed by atoms with Crippen LogP contribution in [0.5, 0.6) is 0 Å². The molecule has 9 rings (SSSR count). The molecule has 0 aromatic heterocycles. The van der Waals surface area contributed by atoms with E-state index in [-0.39, 0.29) is 0 Å². The maximum Gasteiger partial charge on any atom is 0.0882 e. The van der Waals surface area contributed by atoms with Gasteiger partial charge in [0.1, 0.15) is 0 Å². The Morgan fingerprint density at radius 3 is 1.80 bits per heavy atom. The number of benzene rings is 6. The van der Waals surface area contributed by atoms with E-state index in [1.807, 2.05) is 12.2 Å². The summed E-state index contributed by atoms with van der Waals surface area (Å²) in [6.07, 6.45) is 15.1. The minimum Gasteiger partial charge on any atom is -0.314 e. The van der Waals surface area contributed by atoms with Gasteiger partial charge in [-0.2, -0.15) is 0 Å². The molecule has 6 aromatic rings. The van der Waals surface area contributed by atoms with Gasteiger partial charge in [-0.25, -0.2) is 0 Å². The molecule has 1 atom stereocenters. The normalized spacial score (nSPS) is 16.8. The Morgan fingerprint density at radius 2 is 1.20 bits per heavy atom. The van der Waals surface area contributed by atoms with Crippen LogP contribution in [0, 0.1) is 6.92 Å². The number of allylic oxidation sites excluding steroid dienone is 8. The van der Waals surface area contributed by atoms with Crippen molar-refractivity contribution in [2.24, 2.45) is 0 Å². The number of para-hydroxylation sites is 3. The van der Waals surface area contributed by atoms with Crippen LogP contribution in [0.1, 0.15) is 46.2 Å². The predicted molar refractivity (Wildman–Crippen MR) is 229 cm³/mol. The minimum absolute atomic E-state index is 0.651. The first kappa shape index (κ1) is 33.2. The number of hydrogen-bond donors (Lipinski definition) is 0. The highest BCUT2D eigenvalue weighted by atomic mass is 15.2. The van der Waals surface area contributed by atoms with Gasteiger partial charge in [0.05, 0.1) is 11.1 Å². The second kappa shape index (κ2) is 13.7. The van der Waals surface area contributed by atoms with Crippen molar-refractivity contribution in [3.63, 3.8) is 0 Å². The van der Waals surface area contributed by atoms with Gasteiger partial charge in [0.15, 0.2) is 0 Å². The lowest BCUT2D eigenvalue weighted by atomic mass is 9.71. The molecule has 2 nitrogen and oxygen atoms in total. The molecule has 0 N–H and O–H groups in total. The molecule has 0 radical (unpaired) electrons. The van der Waals surface area contributed by atoms with E-state index < -0.39 is 5.41 Å². The molecule has 3 aliphatic carbocycles. The fraction of sp³-hybridized carbons (Fsp3) is 0.0769. The van der Waals surface area contributed by atoms with E-state index in [0.717, 1.165) is 41.2 Å². The van der Waals surface area contributed by atoms with Crippen molar-refractivity contribution in [1.82, 2.24) is 0 Å². The summed E-state index contributed by atoms with van der Waals surface area (Å²) in [6, 6.07) is 55.1. The maximum atomic E-state index is 4.48. The van der Waals surface area contributed by atoms with Crippen LogP contribution in [0.15, 0.2) is 212 Å². The zero-order chi connectivity index (χ0) is 36.6. The summed E-state index contributed by atoms with van der Waals surface area (Å²) in [4.78, 5) is 4.89. The number of nitrogens with zero attached hydrogens (tertiary/aromatic N) is 2. The van der Waals surface area contributed by atoms with Crippen LogP contribution in [0.25, 0.3) is 22.8 Å². The highest BCUT2D eigenvalue weighted by Gasteiger charge is 2.55. The lowest BCUT2D eigenvalue weighted by molar-refractivity contribution is 0.744. The number of anilines is 3. The average molecular weight is 695 g/mol. The van der Waals surface area contributed by atoms with Gasteiger partial charge in [0.25, 0.3) is 0 Å². The Balaban J connectivity index is 1.46. The summed E-state index contributed by atoms with van der Waals surface area (Å²) < 4.78 is 0. The standard InChI is InChI=1S/C52H42N2/c1-4-38(53(39-22-10-6-11-23-39)40-24-12-7-13-25-40)36-46-44-30-18-20-32-47(44)52(51(46)54(41-26-14-8-15-27-41)42-28-16-9-17-29-42)48-33-21-19-31-45(48)50-43(5-2)37(3)34-35-49(50)52/h4-12,14-24,26-36H,1-2,13,25H2,3H3/b38-36+. The number of fused-ring (bicyclic) bond motifs is 7. The first-order chi connectivity index (χ1) is 26.7. The molecule has 1 spiro atoms. The van der Waals surface area contributed by atoms with Gasteiger partial charge in [0.2, 0.25) is 0 Å². The maximum absolute atomic E-state index is 4.48. The van der Waals surface area contributed by atoms with Crippen molar-refractivity contribution in [3.8, 4) is 11.1 Å². The lowest BCUT2D eigenvalue weighted by Crippen LogP contribution is -2.35. The van der Waals surface area contributed by atoms with Crippen LogP contribution in [0.2, 0.25) is 0 Å². The molecule has 0 saturated heterocycles. The number of aryl methyl sites for hydroxylation is 1. The van der Waals surface area contributed by atoms with Gasteiger partial charge in [-0.05, 0) is 119 Å². The Kier molecular flexibility index (Phi) is 8.44. The molecule has 0 aliphatic heterocycles. The van der Waals surface area contributed by atoms with E-state index >= 15 is 0 Å². The quantitative estimate of drug-likeness (QED) is 0.139. The van der Waals surface area contributed by atoms with E-state index in [1.54, 1.807) is 0 Å². The van der Waals surface area contributed by atoms with Gasteiger partial charge < -0.3 is 9.80 Å². The van der Waals surface area contributed by atoms with E-state index in [0.29, 0.717) is 0 Å². The van der Waals surface area contributed by atoms with Crippen LogP contribution >= 0.6 is 0 Å². The largest absolute Gasteiger partial charge is 0.314 e. The van der Waals surface area contributed by atoms with Crippen molar-refractivity contribution in [2.45, 2.75) is 25.2 Å². The number of rotatable bonds is 9. The second-order valence-electron chi connectivity index (χ2n) is 14.1. The van der Waals surface area contributed by atoms with Crippen LogP contribution in [-0.4, -0.2) is 0 Å². The fourth-order valence-electron chi connectivity index (χ4n) is 9.00. The SMILES string of the molecule is C=C/C(=C\C1=C(N(c2ccccc2)c2ccccc2)C2(c3ccccc31)c1ccccc1-c1c2ccc(C)c1C=C)N(C1=CC=CCC1)c1ccccc1. The third kappa shape index (κ3) is 5.09. The molecule has 2 heteroatoms. The van der Waals surface area contributed by atoms with Crippen molar-refractivity contribution in [1.29, 1.82) is 0 Å². The molecule has 1 unspecified atom stereocenters. The highest BCUT2D eigenvalue weighted by molar-refractivity contribution is 6.02. The Labute approximate surface area is 319 Å². The van der Waals surface area contributed by atoms with E-state index in [1.165, 1.54) is 55.9 Å². The van der Waals surface area contributed by atoms with Crippen molar-refractivity contribution >= 4 is 28.7 Å². The summed E-state index contributed by atoms with van der Waals surface area (Å²) >= 11 is 0. The van der Waals surface area contributed by atoms with Crippen LogP contribution in [0.3, 0.4) is 0 Å².